The number of nitrogens with two attached hydrogens (primary N) is 1. The van der Waals surface area contributed by atoms with Gasteiger partial charge in [0, 0.05) is 6.04 Å². The van der Waals surface area contributed by atoms with Gasteiger partial charge < -0.3 is 10.5 Å². The van der Waals surface area contributed by atoms with Crippen LogP contribution in [0.15, 0.2) is 24.3 Å². The van der Waals surface area contributed by atoms with E-state index in [1.165, 1.54) is 30.4 Å². The van der Waals surface area contributed by atoms with Crippen molar-refractivity contribution >= 4 is 0 Å². The zero-order valence-corrected chi connectivity index (χ0v) is 10.3. The fraction of sp³-hybridized carbons (Fsp3) is 0.600. The van der Waals surface area contributed by atoms with Crippen molar-refractivity contribution in [2.45, 2.75) is 44.2 Å². The zero-order chi connectivity index (χ0) is 11.7. The van der Waals surface area contributed by atoms with E-state index in [1.807, 2.05) is 0 Å². The highest BCUT2D eigenvalue weighted by atomic mass is 16.5. The second-order valence-electron chi connectivity index (χ2n) is 5.48. The molecule has 0 saturated heterocycles. The van der Waals surface area contributed by atoms with Gasteiger partial charge in [-0.2, -0.15) is 0 Å². The van der Waals surface area contributed by atoms with E-state index < -0.39 is 0 Å². The predicted octanol–water partition coefficient (Wildman–Crippen LogP) is 2.82. The van der Waals surface area contributed by atoms with Gasteiger partial charge in [-0.25, -0.2) is 0 Å². The average molecular weight is 231 g/mol. The van der Waals surface area contributed by atoms with Gasteiger partial charge in [0.1, 0.15) is 0 Å². The third-order valence-corrected chi connectivity index (χ3v) is 3.94. The minimum atomic E-state index is 0.230. The molecule has 1 aromatic rings. The van der Waals surface area contributed by atoms with E-state index in [-0.39, 0.29) is 6.10 Å². The lowest BCUT2D eigenvalue weighted by Gasteiger charge is -2.28. The van der Waals surface area contributed by atoms with Crippen molar-refractivity contribution in [3.63, 3.8) is 0 Å². The molecule has 3 rings (SSSR count). The lowest BCUT2D eigenvalue weighted by molar-refractivity contribution is 0.0312. The summed E-state index contributed by atoms with van der Waals surface area (Å²) >= 11 is 0. The summed E-state index contributed by atoms with van der Waals surface area (Å²) in [5.74, 6) is 0.906. The number of hydrogen-bond donors (Lipinski definition) is 1. The van der Waals surface area contributed by atoms with Gasteiger partial charge in [0.2, 0.25) is 0 Å². The molecule has 0 radical (unpaired) electrons. The van der Waals surface area contributed by atoms with Crippen LogP contribution in [0.1, 0.15) is 42.9 Å². The van der Waals surface area contributed by atoms with Crippen LogP contribution >= 0.6 is 0 Å². The molecular formula is C15H21NO. The van der Waals surface area contributed by atoms with Crippen molar-refractivity contribution in [3.8, 4) is 0 Å². The first-order chi connectivity index (χ1) is 8.33. The summed E-state index contributed by atoms with van der Waals surface area (Å²) in [4.78, 5) is 0. The van der Waals surface area contributed by atoms with E-state index in [1.54, 1.807) is 0 Å². The summed E-state index contributed by atoms with van der Waals surface area (Å²) in [6.45, 7) is 0.845. The minimum absolute atomic E-state index is 0.230. The first-order valence-electron chi connectivity index (χ1n) is 6.78. The zero-order valence-electron chi connectivity index (χ0n) is 10.3. The van der Waals surface area contributed by atoms with Crippen molar-refractivity contribution in [3.05, 3.63) is 35.4 Å². The molecule has 2 unspecified atom stereocenters. The number of hydrogen-bond acceptors (Lipinski definition) is 2. The van der Waals surface area contributed by atoms with Crippen LogP contribution in [0.4, 0.5) is 0 Å². The highest BCUT2D eigenvalue weighted by Gasteiger charge is 2.27. The molecule has 1 fully saturated rings. The maximum absolute atomic E-state index is 6.22. The van der Waals surface area contributed by atoms with E-state index in [9.17, 15) is 0 Å². The van der Waals surface area contributed by atoms with Crippen molar-refractivity contribution in [2.75, 3.05) is 6.61 Å². The van der Waals surface area contributed by atoms with Crippen LogP contribution in [0, 0.1) is 5.92 Å². The monoisotopic (exact) mass is 231 g/mol. The minimum Gasteiger partial charge on any atom is -0.373 e. The highest BCUT2D eigenvalue weighted by Crippen LogP contribution is 2.36. The Morgan fingerprint density at radius 2 is 2.06 bits per heavy atom. The molecule has 2 N–H and O–H groups in total. The van der Waals surface area contributed by atoms with Gasteiger partial charge in [-0.15, -0.1) is 0 Å². The Bertz CT molecular complexity index is 386. The Balaban J connectivity index is 1.67. The second kappa shape index (κ2) is 4.79. The molecule has 0 bridgehead atoms. The van der Waals surface area contributed by atoms with Crippen molar-refractivity contribution in [1.82, 2.24) is 0 Å². The summed E-state index contributed by atoms with van der Waals surface area (Å²) < 4.78 is 5.90. The van der Waals surface area contributed by atoms with Crippen molar-refractivity contribution < 1.29 is 4.74 Å². The Labute approximate surface area is 103 Å². The van der Waals surface area contributed by atoms with Gasteiger partial charge in [-0.3, -0.25) is 0 Å². The van der Waals surface area contributed by atoms with E-state index in [2.05, 4.69) is 24.3 Å². The fourth-order valence-corrected chi connectivity index (χ4v) is 2.82. The molecule has 2 nitrogen and oxygen atoms in total. The molecule has 1 heterocycles. The van der Waals surface area contributed by atoms with E-state index >= 15 is 0 Å². The maximum Gasteiger partial charge on any atom is 0.0842 e. The normalized spacial score (nSPS) is 25.4. The van der Waals surface area contributed by atoms with Gasteiger partial charge in [0.25, 0.3) is 0 Å². The van der Waals surface area contributed by atoms with E-state index in [4.69, 9.17) is 10.5 Å². The van der Waals surface area contributed by atoms with Crippen LogP contribution in [-0.4, -0.2) is 12.6 Å². The smallest absolute Gasteiger partial charge is 0.0842 e. The summed E-state index contributed by atoms with van der Waals surface area (Å²) in [6.07, 6.45) is 6.21. The van der Waals surface area contributed by atoms with Crippen molar-refractivity contribution in [1.29, 1.82) is 0 Å². The summed E-state index contributed by atoms with van der Waals surface area (Å²) in [6, 6.07) is 8.94. The summed E-state index contributed by atoms with van der Waals surface area (Å²) in [5.41, 5.74) is 9.03. The first kappa shape index (κ1) is 11.2. The topological polar surface area (TPSA) is 35.2 Å². The third-order valence-electron chi connectivity index (χ3n) is 3.94. The molecule has 92 valence electrons. The summed E-state index contributed by atoms with van der Waals surface area (Å²) in [7, 11) is 0. The lowest BCUT2D eigenvalue weighted by Crippen LogP contribution is -2.27. The number of benzene rings is 1. The molecule has 2 atom stereocenters. The molecule has 2 heteroatoms. The third kappa shape index (κ3) is 2.70. The standard InChI is InChI=1S/C15H21NO/c16-13(9-11-5-6-11)10-15-14-4-2-1-3-12(14)7-8-17-15/h1-4,11,13,15H,5-10,16H2. The molecule has 0 aromatic heterocycles. The number of rotatable bonds is 4. The fourth-order valence-electron chi connectivity index (χ4n) is 2.82. The highest BCUT2D eigenvalue weighted by molar-refractivity contribution is 5.31. The van der Waals surface area contributed by atoms with Crippen LogP contribution < -0.4 is 5.73 Å². The van der Waals surface area contributed by atoms with Crippen LogP contribution in [0.3, 0.4) is 0 Å². The molecule has 1 aliphatic heterocycles. The van der Waals surface area contributed by atoms with Gasteiger partial charge in [-0.05, 0) is 36.3 Å². The van der Waals surface area contributed by atoms with Crippen LogP contribution in [0.25, 0.3) is 0 Å². The summed E-state index contributed by atoms with van der Waals surface area (Å²) in [5, 5.41) is 0. The Morgan fingerprint density at radius 3 is 2.88 bits per heavy atom. The molecule has 1 aromatic carbocycles. The second-order valence-corrected chi connectivity index (χ2v) is 5.48. The molecule has 17 heavy (non-hydrogen) atoms. The molecule has 2 aliphatic rings. The van der Waals surface area contributed by atoms with Gasteiger partial charge in [0.05, 0.1) is 12.7 Å². The van der Waals surface area contributed by atoms with Gasteiger partial charge in [-0.1, -0.05) is 37.1 Å². The predicted molar refractivity (Wildman–Crippen MR) is 68.8 cm³/mol. The number of fused-ring (bicyclic) bond motifs is 1. The van der Waals surface area contributed by atoms with E-state index in [0.717, 1.165) is 25.4 Å². The molecule has 0 spiro atoms. The van der Waals surface area contributed by atoms with Crippen molar-refractivity contribution in [2.24, 2.45) is 11.7 Å². The Kier molecular flexibility index (Phi) is 3.17. The van der Waals surface area contributed by atoms with Gasteiger partial charge >= 0.3 is 0 Å². The van der Waals surface area contributed by atoms with Crippen LogP contribution in [-0.2, 0) is 11.2 Å². The Hall–Kier alpha value is -0.860. The lowest BCUT2D eigenvalue weighted by atomic mass is 9.92. The first-order valence-corrected chi connectivity index (χ1v) is 6.78. The average Bonchev–Trinajstić information content (AvgIpc) is 3.13. The molecule has 1 saturated carbocycles. The molecule has 0 amide bonds. The van der Waals surface area contributed by atoms with E-state index in [0.29, 0.717) is 6.04 Å². The van der Waals surface area contributed by atoms with Crippen LogP contribution in [0.2, 0.25) is 0 Å². The molecular weight excluding hydrogens is 210 g/mol. The number of ether oxygens (including phenoxy) is 1. The maximum atomic E-state index is 6.22. The SMILES string of the molecule is NC(CC1CC1)CC1OCCc2ccccc21. The van der Waals surface area contributed by atoms with Crippen LogP contribution in [0.5, 0.6) is 0 Å². The molecule has 1 aliphatic carbocycles. The largest absolute Gasteiger partial charge is 0.373 e. The van der Waals surface area contributed by atoms with Gasteiger partial charge in [0.15, 0.2) is 0 Å². The Morgan fingerprint density at radius 1 is 1.24 bits per heavy atom. The quantitative estimate of drug-likeness (QED) is 0.864.